The van der Waals surface area contributed by atoms with Gasteiger partial charge in [-0.1, -0.05) is 27.0 Å². The number of Topliss-reactive ketones (excluding diaryl/α,β-unsaturated/α-hetero) is 3. The highest BCUT2D eigenvalue weighted by Crippen LogP contribution is 2.27. The molecule has 6 aromatic rings. The van der Waals surface area contributed by atoms with Crippen LogP contribution < -0.4 is 16.0 Å². The zero-order valence-electron chi connectivity index (χ0n) is 43.0. The molecule has 0 aliphatic rings. The van der Waals surface area contributed by atoms with Crippen LogP contribution in [0.3, 0.4) is 0 Å². The molecule has 0 saturated carbocycles. The van der Waals surface area contributed by atoms with Crippen molar-refractivity contribution < 1.29 is 28.8 Å². The first kappa shape index (κ1) is 58.9. The summed E-state index contributed by atoms with van der Waals surface area (Å²) >= 11 is 0. The Hall–Kier alpha value is -7.26. The number of carbonyl (C=O) groups excluding carboxylic acids is 6. The summed E-state index contributed by atoms with van der Waals surface area (Å²) in [5.74, 6) is -0.745. The molecule has 0 aromatic heterocycles. The van der Waals surface area contributed by atoms with E-state index in [0.717, 1.165) is 72.3 Å². The number of nitrogens with one attached hydrogen (secondary N) is 3. The summed E-state index contributed by atoms with van der Waals surface area (Å²) in [5, 5.41) is 8.66. The van der Waals surface area contributed by atoms with Crippen LogP contribution in [0.4, 0.5) is 17.1 Å². The van der Waals surface area contributed by atoms with Gasteiger partial charge in [0.05, 0.1) is 17.1 Å². The first-order valence-corrected chi connectivity index (χ1v) is 22.7. The summed E-state index contributed by atoms with van der Waals surface area (Å²) in [6, 6.07) is 24.2. The van der Waals surface area contributed by atoms with Gasteiger partial charge in [0.2, 0.25) is 0 Å². The average Bonchev–Trinajstić information content (AvgIpc) is 3.26. The van der Waals surface area contributed by atoms with Crippen molar-refractivity contribution in [3.63, 3.8) is 0 Å². The van der Waals surface area contributed by atoms with Gasteiger partial charge in [0.1, 0.15) is 0 Å². The highest BCUT2D eigenvalue weighted by molar-refractivity contribution is 6.11. The van der Waals surface area contributed by atoms with Crippen LogP contribution in [-0.2, 0) is 0 Å². The zero-order valence-corrected chi connectivity index (χ0v) is 43.0. The molecule has 0 bridgehead atoms. The topological polar surface area (TPSA) is 139 Å². The van der Waals surface area contributed by atoms with Crippen LogP contribution in [0.15, 0.2) is 78.9 Å². The number of anilines is 3. The minimum absolute atomic E-state index is 0. The largest absolute Gasteiger partial charge is 0.321 e. The molecule has 0 aliphatic heterocycles. The Morgan fingerprint density at radius 3 is 0.971 bits per heavy atom. The third-order valence-electron chi connectivity index (χ3n) is 13.0. The van der Waals surface area contributed by atoms with Crippen molar-refractivity contribution in [2.45, 2.75) is 133 Å². The number of carbonyl (C=O) groups is 6. The Bertz CT molecular complexity index is 2990. The fourth-order valence-corrected chi connectivity index (χ4v) is 7.46. The van der Waals surface area contributed by atoms with Gasteiger partial charge in [-0.15, -0.1) is 0 Å². The number of benzene rings is 6. The summed E-state index contributed by atoms with van der Waals surface area (Å²) in [6.07, 6.45) is 0. The van der Waals surface area contributed by atoms with E-state index in [0.29, 0.717) is 50.4 Å². The fourth-order valence-electron chi connectivity index (χ4n) is 7.46. The predicted octanol–water partition coefficient (Wildman–Crippen LogP) is 15.0. The van der Waals surface area contributed by atoms with Crippen LogP contribution >= 0.6 is 0 Å². The van der Waals surface area contributed by atoms with Crippen LogP contribution in [0, 0.1) is 96.9 Å². The molecular weight excluding hydrogens is 871 g/mol. The van der Waals surface area contributed by atoms with E-state index >= 15 is 0 Å². The molecule has 0 unspecified atom stereocenters. The van der Waals surface area contributed by atoms with Crippen LogP contribution in [0.5, 0.6) is 0 Å². The smallest absolute Gasteiger partial charge is 0.255 e. The molecule has 0 heterocycles. The van der Waals surface area contributed by atoms with E-state index in [1.807, 2.05) is 170 Å². The first-order valence-electron chi connectivity index (χ1n) is 22.7. The summed E-state index contributed by atoms with van der Waals surface area (Å²) in [6.45, 7) is 32.3. The zero-order chi connectivity index (χ0) is 51.1. The molecule has 6 aromatic carbocycles. The second-order valence-corrected chi connectivity index (χ2v) is 18.2. The van der Waals surface area contributed by atoms with Crippen molar-refractivity contribution >= 4 is 52.1 Å². The summed E-state index contributed by atoms with van der Waals surface area (Å²) in [4.78, 5) is 73.2. The predicted molar refractivity (Wildman–Crippen MR) is 292 cm³/mol. The molecule has 0 radical (unpaired) electrons. The van der Waals surface area contributed by atoms with Crippen molar-refractivity contribution in [3.05, 3.63) is 190 Å². The minimum atomic E-state index is -0.200. The maximum absolute atomic E-state index is 12.6. The van der Waals surface area contributed by atoms with Gasteiger partial charge in [0.25, 0.3) is 17.7 Å². The lowest BCUT2D eigenvalue weighted by Crippen LogP contribution is -2.16. The van der Waals surface area contributed by atoms with Crippen LogP contribution in [0.2, 0.25) is 0 Å². The molecule has 3 amide bonds. The highest BCUT2D eigenvalue weighted by atomic mass is 16.2. The second kappa shape index (κ2) is 24.9. The molecular formula is C61H75N3O6. The van der Waals surface area contributed by atoms with Crippen LogP contribution in [0.1, 0.15) is 176 Å². The molecule has 70 heavy (non-hydrogen) atoms. The lowest BCUT2D eigenvalue weighted by molar-refractivity contribution is 0.100. The van der Waals surface area contributed by atoms with Crippen molar-refractivity contribution in [3.8, 4) is 0 Å². The van der Waals surface area contributed by atoms with Gasteiger partial charge in [-0.05, 0) is 262 Å². The number of amides is 3. The maximum Gasteiger partial charge on any atom is 0.255 e. The molecule has 0 atom stereocenters. The summed E-state index contributed by atoms with van der Waals surface area (Å²) in [7, 11) is 0. The van der Waals surface area contributed by atoms with Gasteiger partial charge < -0.3 is 16.0 Å². The third-order valence-corrected chi connectivity index (χ3v) is 13.0. The Balaban J connectivity index is 0.000000355. The number of hydrogen-bond acceptors (Lipinski definition) is 6. The first-order chi connectivity index (χ1) is 31.7. The molecule has 9 heteroatoms. The number of hydrogen-bond donors (Lipinski definition) is 3. The van der Waals surface area contributed by atoms with Gasteiger partial charge in [-0.2, -0.15) is 0 Å². The molecule has 370 valence electrons. The maximum atomic E-state index is 12.6. The van der Waals surface area contributed by atoms with Crippen molar-refractivity contribution in [2.75, 3.05) is 16.0 Å². The molecule has 0 fully saturated rings. The van der Waals surface area contributed by atoms with Gasteiger partial charge in [-0.3, -0.25) is 28.8 Å². The van der Waals surface area contributed by atoms with E-state index < -0.39 is 0 Å². The lowest BCUT2D eigenvalue weighted by Gasteiger charge is -2.15. The van der Waals surface area contributed by atoms with E-state index in [2.05, 4.69) is 16.0 Å². The van der Waals surface area contributed by atoms with Crippen molar-refractivity contribution in [1.29, 1.82) is 0 Å². The Labute approximate surface area is 417 Å². The molecule has 0 spiro atoms. The molecule has 3 N–H and O–H groups in total. The standard InChI is InChI=1S/2C20H23NO2.C19H21NO2.2CH4/c1-11-9-18(16(6)22)19(10-12(11)2)21-20(23)17-7-13(3)15(5)14(4)8-17;1-11-7-8-17(15(5)14(11)4)20(23)21-19-10-13(3)12(2)9-18(19)16(6)22;1-11-6-7-16(8-12(11)2)19(22)20-18-10-14(4)13(3)9-17(18)15(5)21;;/h2*7-10H,1-6H3,(H,21,23);6-10H,1-5H3,(H,20,22);2*1H4. The number of rotatable bonds is 9. The Morgan fingerprint density at radius 2 is 0.600 bits per heavy atom. The van der Waals surface area contributed by atoms with E-state index in [9.17, 15) is 28.8 Å². The van der Waals surface area contributed by atoms with Crippen LogP contribution in [0.25, 0.3) is 0 Å². The van der Waals surface area contributed by atoms with Crippen LogP contribution in [-0.4, -0.2) is 35.1 Å². The van der Waals surface area contributed by atoms with E-state index in [4.69, 9.17) is 0 Å². The second-order valence-electron chi connectivity index (χ2n) is 18.2. The quantitative estimate of drug-likeness (QED) is 0.123. The van der Waals surface area contributed by atoms with E-state index in [1.54, 1.807) is 6.07 Å². The average molecular weight is 946 g/mol. The van der Waals surface area contributed by atoms with Gasteiger partial charge in [0, 0.05) is 33.4 Å². The lowest BCUT2D eigenvalue weighted by atomic mass is 9.97. The fraction of sp³-hybridized carbons (Fsp3) is 0.311. The Morgan fingerprint density at radius 1 is 0.286 bits per heavy atom. The monoisotopic (exact) mass is 946 g/mol. The molecule has 6 rings (SSSR count). The van der Waals surface area contributed by atoms with E-state index in [1.165, 1.54) is 26.3 Å². The minimum Gasteiger partial charge on any atom is -0.321 e. The number of ketones is 3. The SMILES string of the molecule is C.C.CC(=O)c1cc(C)c(C)cc1NC(=O)c1cc(C)c(C)c(C)c1.CC(=O)c1cc(C)c(C)cc1NC(=O)c1ccc(C)c(C)c1.CC(=O)c1cc(C)c(C)cc1NC(=O)c1ccc(C)c(C)c1C. The molecule has 0 aliphatic carbocycles. The van der Waals surface area contributed by atoms with Gasteiger partial charge >= 0.3 is 0 Å². The molecule has 0 saturated heterocycles. The number of aryl methyl sites for hydroxylation is 11. The molecule has 9 nitrogen and oxygen atoms in total. The highest BCUT2D eigenvalue weighted by Gasteiger charge is 2.18. The van der Waals surface area contributed by atoms with Crippen molar-refractivity contribution in [2.24, 2.45) is 0 Å². The Kier molecular flexibility index (Phi) is 20.9. The third kappa shape index (κ3) is 14.4. The summed E-state index contributed by atoms with van der Waals surface area (Å²) < 4.78 is 0. The summed E-state index contributed by atoms with van der Waals surface area (Å²) in [5.41, 5.74) is 20.2. The van der Waals surface area contributed by atoms with Crippen molar-refractivity contribution in [1.82, 2.24) is 0 Å². The normalized spacial score (nSPS) is 10.2. The van der Waals surface area contributed by atoms with Gasteiger partial charge in [-0.25, -0.2) is 0 Å². The van der Waals surface area contributed by atoms with Gasteiger partial charge in [0.15, 0.2) is 17.3 Å². The van der Waals surface area contributed by atoms with E-state index in [-0.39, 0.29) is 49.9 Å².